The van der Waals surface area contributed by atoms with E-state index in [1.807, 2.05) is 0 Å². The van der Waals surface area contributed by atoms with Gasteiger partial charge in [-0.1, -0.05) is 51.9 Å². The van der Waals surface area contributed by atoms with Gasteiger partial charge in [-0.15, -0.1) is 0 Å². The van der Waals surface area contributed by atoms with Crippen LogP contribution in [-0.4, -0.2) is 15.9 Å². The van der Waals surface area contributed by atoms with Crippen LogP contribution >= 0.6 is 7.60 Å². The van der Waals surface area contributed by atoms with Gasteiger partial charge in [-0.25, -0.2) is 0 Å². The fourth-order valence-corrected chi connectivity index (χ4v) is 3.55. The first kappa shape index (κ1) is 27.9. The maximum absolute atomic E-state index is 10.5. The molecule has 0 aliphatic carbocycles. The average Bonchev–Trinajstić information content (AvgIpc) is 2.56. The molecule has 0 radical (unpaired) electrons. The Bertz CT molecular complexity index is 274. The molecule has 0 unspecified atom stereocenters. The second-order valence-corrected chi connectivity index (χ2v) is 9.27. The Hall–Kier alpha value is 0.644. The van der Waals surface area contributed by atoms with E-state index in [0.717, 1.165) is 18.2 Å². The molecule has 0 aliphatic heterocycles. The minimum atomic E-state index is -3.73. The number of hydrogen-bond donors (Lipinski definition) is 2. The summed E-state index contributed by atoms with van der Waals surface area (Å²) in [6.45, 7) is 4.46. The Morgan fingerprint density at radius 2 is 0.920 bits per heavy atom. The van der Waals surface area contributed by atoms with E-state index in [2.05, 4.69) is 29.3 Å². The number of rotatable bonds is 17. The van der Waals surface area contributed by atoms with Gasteiger partial charge in [0.25, 0.3) is 0 Å². The summed E-state index contributed by atoms with van der Waals surface area (Å²) >= 11 is 4.61. The van der Waals surface area contributed by atoms with Crippen LogP contribution in [0.5, 0.6) is 0 Å². The first-order valence-electron chi connectivity index (χ1n) is 10.5. The van der Waals surface area contributed by atoms with Gasteiger partial charge in [0, 0.05) is 6.16 Å². The molecule has 0 saturated carbocycles. The van der Waals surface area contributed by atoms with E-state index in [4.69, 9.17) is 9.79 Å². The second-order valence-electron chi connectivity index (χ2n) is 7.00. The molecule has 157 valence electrons. The summed E-state index contributed by atoms with van der Waals surface area (Å²) in [5.74, 6) is 0. The van der Waals surface area contributed by atoms with Crippen molar-refractivity contribution < 1.29 is 29.8 Å². The van der Waals surface area contributed by atoms with Gasteiger partial charge in [0.2, 0.25) is 0 Å². The average molecular weight is 422 g/mol. The molecule has 0 amide bonds. The topological polar surface area (TPSA) is 57.5 Å². The van der Waals surface area contributed by atoms with Crippen LogP contribution < -0.4 is 0 Å². The molecule has 0 aromatic heterocycles. The number of hydrogen-bond acceptors (Lipinski definition) is 1. The van der Waals surface area contributed by atoms with Crippen LogP contribution in [0.25, 0.3) is 0 Å². The third kappa shape index (κ3) is 32.7. The zero-order chi connectivity index (χ0) is 19.2. The molecule has 25 heavy (non-hydrogen) atoms. The Balaban J connectivity index is 0. The second kappa shape index (κ2) is 22.7. The molecule has 0 atom stereocenters. The van der Waals surface area contributed by atoms with Crippen molar-refractivity contribution in [2.24, 2.45) is 0 Å². The molecule has 0 aromatic rings. The predicted octanol–water partition coefficient (Wildman–Crippen LogP) is 7.40. The Kier molecular flexibility index (Phi) is 25.3. The summed E-state index contributed by atoms with van der Waals surface area (Å²) in [5, 5.41) is 0.995. The van der Waals surface area contributed by atoms with Crippen LogP contribution in [0.2, 0.25) is 5.39 Å². The van der Waals surface area contributed by atoms with Crippen molar-refractivity contribution >= 4 is 7.60 Å². The van der Waals surface area contributed by atoms with Gasteiger partial charge < -0.3 is 9.79 Å². The number of unbranched alkanes of at least 4 members (excludes halogenated alkanes) is 14. The Morgan fingerprint density at radius 1 is 0.600 bits per heavy atom. The van der Waals surface area contributed by atoms with Gasteiger partial charge in [-0.05, 0) is 6.42 Å². The molecule has 5 heteroatoms. The molecular formula is C20H44NiO3P. The predicted molar refractivity (Wildman–Crippen MR) is 107 cm³/mol. The molecule has 0 bridgehead atoms. The fraction of sp³-hybridized carbons (Fsp3) is 1.00. The van der Waals surface area contributed by atoms with E-state index in [0.29, 0.717) is 6.42 Å². The van der Waals surface area contributed by atoms with Crippen LogP contribution in [0, 0.1) is 0 Å². The van der Waals surface area contributed by atoms with E-state index >= 15 is 0 Å². The van der Waals surface area contributed by atoms with Crippen molar-refractivity contribution in [1.29, 1.82) is 0 Å². The minimum absolute atomic E-state index is 0.0575. The summed E-state index contributed by atoms with van der Waals surface area (Å²) in [4.78, 5) is 17.2. The van der Waals surface area contributed by atoms with E-state index in [9.17, 15) is 4.57 Å². The van der Waals surface area contributed by atoms with Crippen molar-refractivity contribution in [3.05, 3.63) is 0 Å². The molecule has 0 spiro atoms. The Labute approximate surface area is 165 Å². The first-order chi connectivity index (χ1) is 12.0. The molecule has 0 fully saturated rings. The monoisotopic (exact) mass is 421 g/mol. The van der Waals surface area contributed by atoms with Crippen LogP contribution in [-0.2, 0) is 20.0 Å². The van der Waals surface area contributed by atoms with Crippen LogP contribution in [0.3, 0.4) is 0 Å². The van der Waals surface area contributed by atoms with E-state index in [1.165, 1.54) is 83.5 Å². The normalized spacial score (nSPS) is 11.3. The van der Waals surface area contributed by atoms with Crippen molar-refractivity contribution in [3.8, 4) is 0 Å². The molecular weight excluding hydrogens is 378 g/mol. The summed E-state index contributed by atoms with van der Waals surface area (Å²) in [6, 6.07) is 0. The molecule has 2 N–H and O–H groups in total. The molecule has 0 saturated heterocycles. The van der Waals surface area contributed by atoms with Crippen LogP contribution in [0.4, 0.5) is 0 Å². The molecule has 3 nitrogen and oxygen atoms in total. The summed E-state index contributed by atoms with van der Waals surface area (Å²) in [5.41, 5.74) is 0. The van der Waals surface area contributed by atoms with Gasteiger partial charge >= 0.3 is 86.7 Å². The summed E-state index contributed by atoms with van der Waals surface area (Å²) < 4.78 is 10.5. The molecule has 0 aliphatic rings. The molecule has 0 rings (SSSR count). The van der Waals surface area contributed by atoms with Crippen LogP contribution in [0.1, 0.15) is 117 Å². The van der Waals surface area contributed by atoms with Crippen molar-refractivity contribution in [3.63, 3.8) is 0 Å². The standard InChI is InChI=1S/C10H23O3P.C10H21.Ni/c1-2-3-4-5-6-7-8-9-10-14(11,12)13;1-3-5-7-9-10-8-6-4-2;/h2-10H2,1H3,(H2,11,12,13);1,3-10H2,2H3;. The van der Waals surface area contributed by atoms with Gasteiger partial charge in [0.05, 0.1) is 0 Å². The summed E-state index contributed by atoms with van der Waals surface area (Å²) in [7, 11) is -3.73. The SMILES string of the molecule is CCCCCCCCCCP(=O)(O)O.CCCCCCCCC[CH2][Ni]. The van der Waals surface area contributed by atoms with E-state index in [1.54, 1.807) is 0 Å². The van der Waals surface area contributed by atoms with E-state index < -0.39 is 7.60 Å². The summed E-state index contributed by atoms with van der Waals surface area (Å²) in [6.07, 6.45) is 20.3. The third-order valence-corrected chi connectivity index (χ3v) is 5.52. The fourth-order valence-electron chi connectivity index (χ4n) is 2.66. The van der Waals surface area contributed by atoms with Gasteiger partial charge in [0.15, 0.2) is 0 Å². The first-order valence-corrected chi connectivity index (χ1v) is 13.0. The third-order valence-electron chi connectivity index (χ3n) is 4.27. The van der Waals surface area contributed by atoms with Crippen molar-refractivity contribution in [1.82, 2.24) is 0 Å². The maximum atomic E-state index is 10.5. The zero-order valence-corrected chi connectivity index (χ0v) is 18.7. The quantitative estimate of drug-likeness (QED) is 0.146. The van der Waals surface area contributed by atoms with Gasteiger partial charge in [0.1, 0.15) is 0 Å². The zero-order valence-electron chi connectivity index (χ0n) is 16.8. The van der Waals surface area contributed by atoms with Gasteiger partial charge in [-0.3, -0.25) is 4.57 Å². The van der Waals surface area contributed by atoms with Crippen molar-refractivity contribution in [2.45, 2.75) is 122 Å². The Morgan fingerprint density at radius 3 is 1.24 bits per heavy atom. The molecule has 0 aromatic carbocycles. The molecule has 0 heterocycles. The van der Waals surface area contributed by atoms with Gasteiger partial charge in [-0.2, -0.15) is 0 Å². The van der Waals surface area contributed by atoms with Crippen LogP contribution in [0.15, 0.2) is 0 Å². The van der Waals surface area contributed by atoms with Crippen molar-refractivity contribution in [2.75, 3.05) is 6.16 Å². The van der Waals surface area contributed by atoms with E-state index in [-0.39, 0.29) is 6.16 Å².